The van der Waals surface area contributed by atoms with Crippen molar-refractivity contribution < 1.29 is 23.0 Å². The van der Waals surface area contributed by atoms with E-state index < -0.39 is 0 Å². The van der Waals surface area contributed by atoms with Gasteiger partial charge < -0.3 is 44.3 Å². The smallest absolute Gasteiger partial charge is 0.320 e. The Morgan fingerprint density at radius 3 is 1.53 bits per heavy atom. The summed E-state index contributed by atoms with van der Waals surface area (Å²) in [5, 5.41) is 30.1. The Balaban J connectivity index is 0.700. The first-order chi connectivity index (χ1) is 28.7. The monoisotopic (exact) mass is 780 g/mol. The normalized spacial score (nSPS) is 11.2. The molecule has 0 bridgehead atoms. The highest BCUT2D eigenvalue weighted by molar-refractivity contribution is 5.75. The fraction of sp³-hybridized carbons (Fsp3) is 0.244. The van der Waals surface area contributed by atoms with E-state index in [0.717, 1.165) is 63.4 Å². The van der Waals surface area contributed by atoms with Crippen LogP contribution in [0, 0.1) is 6.92 Å². The number of nitrogens with one attached hydrogen (secondary N) is 4. The van der Waals surface area contributed by atoms with Gasteiger partial charge in [-0.1, -0.05) is 95.1 Å². The van der Waals surface area contributed by atoms with Gasteiger partial charge in [-0.25, -0.2) is 0 Å². The minimum atomic E-state index is 0.340. The zero-order chi connectivity index (χ0) is 39.6. The zero-order valence-electron chi connectivity index (χ0n) is 32.5. The number of aromatic nitrogens is 4. The van der Waals surface area contributed by atoms with E-state index in [1.54, 1.807) is 0 Å². The molecule has 0 fully saturated rings. The van der Waals surface area contributed by atoms with Crippen molar-refractivity contribution in [2.45, 2.75) is 20.0 Å². The fourth-order valence-corrected chi connectivity index (χ4v) is 6.21. The van der Waals surface area contributed by atoms with Crippen LogP contribution >= 0.6 is 0 Å². The van der Waals surface area contributed by atoms with Gasteiger partial charge in [-0.05, 0) is 77.2 Å². The van der Waals surface area contributed by atoms with Crippen molar-refractivity contribution in [2.75, 3.05) is 63.4 Å². The molecule has 7 rings (SSSR count). The molecule has 13 heteroatoms. The molecule has 13 nitrogen and oxygen atoms in total. The van der Waals surface area contributed by atoms with Gasteiger partial charge >= 0.3 is 12.0 Å². The number of anilines is 4. The first-order valence-electron chi connectivity index (χ1n) is 19.4. The Hall–Kier alpha value is -6.22. The average Bonchev–Trinajstić information content (AvgIpc) is 3.93. The SMILES string of the molecule is Cc1c(-c2ccccc2)cccc1-c1nnc(Nc2cccc(CNCCOCCOCCOCCNCc3cccc(Nc4nnc(-c5ccccc5)o4)c3)c2)o1. The lowest BCUT2D eigenvalue weighted by molar-refractivity contribution is 0.0156. The third-order valence-corrected chi connectivity index (χ3v) is 9.12. The molecule has 0 aliphatic carbocycles. The van der Waals surface area contributed by atoms with Gasteiger partial charge in [-0.2, -0.15) is 0 Å². The van der Waals surface area contributed by atoms with Crippen LogP contribution in [0.15, 0.2) is 136 Å². The predicted octanol–water partition coefficient (Wildman–Crippen LogP) is 8.18. The average molecular weight is 781 g/mol. The topological polar surface area (TPSA) is 154 Å². The highest BCUT2D eigenvalue weighted by Gasteiger charge is 2.14. The van der Waals surface area contributed by atoms with Crippen LogP contribution in [0.4, 0.5) is 23.4 Å². The Kier molecular flexibility index (Phi) is 14.7. The summed E-state index contributed by atoms with van der Waals surface area (Å²) in [4.78, 5) is 0. The predicted molar refractivity (Wildman–Crippen MR) is 225 cm³/mol. The molecule has 58 heavy (non-hydrogen) atoms. The van der Waals surface area contributed by atoms with E-state index in [1.807, 2.05) is 91.0 Å². The van der Waals surface area contributed by atoms with E-state index in [0.29, 0.717) is 76.5 Å². The molecule has 2 aromatic heterocycles. The van der Waals surface area contributed by atoms with E-state index in [2.05, 4.69) is 85.0 Å². The second-order valence-electron chi connectivity index (χ2n) is 13.4. The van der Waals surface area contributed by atoms with E-state index in [1.165, 1.54) is 0 Å². The first-order valence-corrected chi connectivity index (χ1v) is 19.4. The fourth-order valence-electron chi connectivity index (χ4n) is 6.21. The van der Waals surface area contributed by atoms with Gasteiger partial charge in [0.1, 0.15) is 0 Å². The van der Waals surface area contributed by atoms with Gasteiger partial charge in [0, 0.05) is 48.7 Å². The molecular weight excluding hydrogens is 733 g/mol. The van der Waals surface area contributed by atoms with Crippen LogP contribution in [0.25, 0.3) is 34.0 Å². The first kappa shape index (κ1) is 40.0. The molecule has 0 aliphatic heterocycles. The summed E-state index contributed by atoms with van der Waals surface area (Å²) in [7, 11) is 0. The number of benzene rings is 5. The van der Waals surface area contributed by atoms with Crippen LogP contribution in [0.2, 0.25) is 0 Å². The van der Waals surface area contributed by atoms with Crippen LogP contribution in [0.3, 0.4) is 0 Å². The maximum atomic E-state index is 6.02. The molecule has 0 saturated heterocycles. The van der Waals surface area contributed by atoms with E-state index >= 15 is 0 Å². The van der Waals surface area contributed by atoms with E-state index in [4.69, 9.17) is 23.0 Å². The van der Waals surface area contributed by atoms with Crippen molar-refractivity contribution in [3.05, 3.63) is 144 Å². The maximum absolute atomic E-state index is 6.02. The molecule has 5 aromatic carbocycles. The molecule has 0 aliphatic rings. The van der Waals surface area contributed by atoms with Crippen LogP contribution in [0.5, 0.6) is 0 Å². The van der Waals surface area contributed by atoms with Gasteiger partial charge in [-0.15, -0.1) is 10.2 Å². The summed E-state index contributed by atoms with van der Waals surface area (Å²) in [6.07, 6.45) is 0. The molecule has 4 N–H and O–H groups in total. The second kappa shape index (κ2) is 21.3. The standard InChI is InChI=1S/C45H48N8O5/c1-33-40(36-13-4-2-5-14-36)19-10-20-41(33)43-51-53-45(58-43)49-39-18-9-12-35(30-39)32-47-22-24-55-26-28-56-27-25-54-23-21-46-31-34-11-8-17-38(29-34)48-44-52-50-42(57-44)37-15-6-3-7-16-37/h2-20,29-30,46-47H,21-28,31-32H2,1H3,(H,48,52)(H,49,53). The van der Waals surface area contributed by atoms with Crippen LogP contribution in [0.1, 0.15) is 16.7 Å². The number of rotatable bonds is 23. The van der Waals surface area contributed by atoms with Crippen LogP contribution < -0.4 is 21.3 Å². The minimum absolute atomic E-state index is 0.340. The number of ether oxygens (including phenoxy) is 3. The molecule has 0 spiro atoms. The lowest BCUT2D eigenvalue weighted by Crippen LogP contribution is -2.21. The summed E-state index contributed by atoms with van der Waals surface area (Å²) in [5.41, 5.74) is 9.15. The molecule has 2 heterocycles. The Labute approximate surface area is 338 Å². The van der Waals surface area contributed by atoms with Crippen molar-refractivity contribution in [1.29, 1.82) is 0 Å². The Morgan fingerprint density at radius 1 is 0.466 bits per heavy atom. The second-order valence-corrected chi connectivity index (χ2v) is 13.4. The molecule has 298 valence electrons. The van der Waals surface area contributed by atoms with E-state index in [-0.39, 0.29) is 0 Å². The molecule has 0 amide bonds. The molecule has 0 saturated carbocycles. The molecule has 0 radical (unpaired) electrons. The van der Waals surface area contributed by atoms with Crippen LogP contribution in [-0.2, 0) is 27.3 Å². The molecular formula is C45H48N8O5. The summed E-state index contributed by atoms with van der Waals surface area (Å²) >= 11 is 0. The summed E-state index contributed by atoms with van der Waals surface area (Å²) < 4.78 is 28.9. The summed E-state index contributed by atoms with van der Waals surface area (Å²) in [5.74, 6) is 0.950. The molecule has 7 aromatic rings. The quantitative estimate of drug-likeness (QED) is 0.0462. The number of hydrogen-bond acceptors (Lipinski definition) is 13. The summed E-state index contributed by atoms with van der Waals surface area (Å²) in [6, 6.07) is 42.9. The molecule has 0 atom stereocenters. The van der Waals surface area contributed by atoms with Gasteiger partial charge in [0.15, 0.2) is 0 Å². The van der Waals surface area contributed by atoms with Crippen molar-refractivity contribution in [1.82, 2.24) is 31.0 Å². The number of hydrogen-bond donors (Lipinski definition) is 4. The van der Waals surface area contributed by atoms with Gasteiger partial charge in [-0.3, -0.25) is 0 Å². The van der Waals surface area contributed by atoms with Gasteiger partial charge in [0.25, 0.3) is 0 Å². The Morgan fingerprint density at radius 2 is 0.948 bits per heavy atom. The van der Waals surface area contributed by atoms with Crippen molar-refractivity contribution in [2.24, 2.45) is 0 Å². The Bertz CT molecular complexity index is 2280. The highest BCUT2D eigenvalue weighted by Crippen LogP contribution is 2.32. The van der Waals surface area contributed by atoms with Crippen molar-refractivity contribution in [3.63, 3.8) is 0 Å². The summed E-state index contributed by atoms with van der Waals surface area (Å²) in [6.45, 7) is 8.20. The zero-order valence-corrected chi connectivity index (χ0v) is 32.5. The lowest BCUT2D eigenvalue weighted by atomic mass is 9.96. The van der Waals surface area contributed by atoms with Gasteiger partial charge in [0.05, 0.1) is 39.6 Å². The molecule has 0 unspecified atom stereocenters. The van der Waals surface area contributed by atoms with Gasteiger partial charge in [0.2, 0.25) is 11.8 Å². The third-order valence-electron chi connectivity index (χ3n) is 9.12. The maximum Gasteiger partial charge on any atom is 0.320 e. The number of nitrogens with zero attached hydrogens (tertiary/aromatic N) is 4. The van der Waals surface area contributed by atoms with E-state index in [9.17, 15) is 0 Å². The minimum Gasteiger partial charge on any atom is -0.403 e. The van der Waals surface area contributed by atoms with Crippen molar-refractivity contribution in [3.8, 4) is 34.0 Å². The highest BCUT2D eigenvalue weighted by atomic mass is 16.5. The third kappa shape index (κ3) is 11.9. The lowest BCUT2D eigenvalue weighted by Gasteiger charge is -2.09. The van der Waals surface area contributed by atoms with Crippen molar-refractivity contribution >= 4 is 23.4 Å². The largest absolute Gasteiger partial charge is 0.403 e. The van der Waals surface area contributed by atoms with Crippen LogP contribution in [-0.4, -0.2) is 73.1 Å².